The van der Waals surface area contributed by atoms with Crippen LogP contribution in [0.3, 0.4) is 0 Å². The van der Waals surface area contributed by atoms with Crippen LogP contribution >= 0.6 is 0 Å². The maximum absolute atomic E-state index is 11.7. The van der Waals surface area contributed by atoms with Crippen LogP contribution in [0.4, 0.5) is 0 Å². The highest BCUT2D eigenvalue weighted by Crippen LogP contribution is 2.11. The Kier molecular flexibility index (Phi) is 4.90. The van der Waals surface area contributed by atoms with Crippen LogP contribution in [-0.4, -0.2) is 21.0 Å². The highest BCUT2D eigenvalue weighted by atomic mass is 32.2. The summed E-state index contributed by atoms with van der Waals surface area (Å²) < 4.78 is 28.1. The lowest BCUT2D eigenvalue weighted by molar-refractivity contribution is -0.142. The Balaban J connectivity index is 2.68. The average molecular weight is 254 g/mol. The van der Waals surface area contributed by atoms with Crippen molar-refractivity contribution in [3.05, 3.63) is 41.8 Å². The summed E-state index contributed by atoms with van der Waals surface area (Å²) >= 11 is 0. The molecule has 0 atom stereocenters. The van der Waals surface area contributed by atoms with Crippen LogP contribution in [0.2, 0.25) is 0 Å². The van der Waals surface area contributed by atoms with Gasteiger partial charge in [0.15, 0.2) is 9.84 Å². The number of carbonyl (C=O) groups excluding carboxylic acids is 1. The lowest BCUT2D eigenvalue weighted by Gasteiger charge is -1.98. The Hall–Kier alpha value is -1.62. The molecule has 0 N–H and O–H groups in total. The maximum Gasteiger partial charge on any atom is 0.309 e. The number of sulfone groups is 1. The van der Waals surface area contributed by atoms with Gasteiger partial charge < -0.3 is 4.74 Å². The number of hydrogen-bond acceptors (Lipinski definition) is 4. The van der Waals surface area contributed by atoms with E-state index in [-0.39, 0.29) is 17.9 Å². The molecular formula is C12H14O4S. The van der Waals surface area contributed by atoms with E-state index in [4.69, 9.17) is 0 Å². The first-order valence-corrected chi connectivity index (χ1v) is 6.73. The molecule has 0 amide bonds. The van der Waals surface area contributed by atoms with Crippen molar-refractivity contribution >= 4 is 15.8 Å². The normalized spacial score (nSPS) is 11.6. The van der Waals surface area contributed by atoms with Gasteiger partial charge in [-0.15, -0.1) is 0 Å². The van der Waals surface area contributed by atoms with Gasteiger partial charge in [-0.25, -0.2) is 8.42 Å². The van der Waals surface area contributed by atoms with Crippen LogP contribution in [-0.2, 0) is 19.4 Å². The minimum Gasteiger partial charge on any atom is -0.466 e. The van der Waals surface area contributed by atoms with E-state index in [1.165, 1.54) is 18.2 Å². The van der Waals surface area contributed by atoms with Gasteiger partial charge in [0, 0.05) is 5.41 Å². The van der Waals surface area contributed by atoms with Crippen molar-refractivity contribution < 1.29 is 17.9 Å². The molecule has 0 fully saturated rings. The topological polar surface area (TPSA) is 60.4 Å². The predicted octanol–water partition coefficient (Wildman–Crippen LogP) is 1.93. The predicted molar refractivity (Wildman–Crippen MR) is 64.0 cm³/mol. The minimum absolute atomic E-state index is 0.0418. The smallest absolute Gasteiger partial charge is 0.309 e. The van der Waals surface area contributed by atoms with Crippen molar-refractivity contribution in [3.8, 4) is 0 Å². The average Bonchev–Trinajstić information content (AvgIpc) is 2.30. The number of hydrogen-bond donors (Lipinski definition) is 0. The molecule has 92 valence electrons. The van der Waals surface area contributed by atoms with Gasteiger partial charge >= 0.3 is 5.97 Å². The zero-order chi connectivity index (χ0) is 12.7. The second-order valence-corrected chi connectivity index (χ2v) is 5.07. The first-order valence-electron chi connectivity index (χ1n) is 5.18. The zero-order valence-corrected chi connectivity index (χ0v) is 10.3. The van der Waals surface area contributed by atoms with Gasteiger partial charge in [0.1, 0.15) is 0 Å². The van der Waals surface area contributed by atoms with E-state index in [1.54, 1.807) is 25.1 Å². The molecule has 0 bridgehead atoms. The molecule has 0 radical (unpaired) electrons. The Morgan fingerprint density at radius 2 is 1.94 bits per heavy atom. The second-order valence-electron chi connectivity index (χ2n) is 3.24. The lowest BCUT2D eigenvalue weighted by atomic mass is 10.4. The number of rotatable bonds is 5. The second kappa shape index (κ2) is 6.20. The molecule has 0 aromatic heterocycles. The van der Waals surface area contributed by atoms with Crippen molar-refractivity contribution in [1.29, 1.82) is 0 Å². The van der Waals surface area contributed by atoms with Gasteiger partial charge in [0.2, 0.25) is 0 Å². The fourth-order valence-corrected chi connectivity index (χ4v) is 2.22. The summed E-state index contributed by atoms with van der Waals surface area (Å²) in [6.45, 7) is 1.99. The summed E-state index contributed by atoms with van der Waals surface area (Å²) in [5.74, 6) is -0.438. The van der Waals surface area contributed by atoms with Gasteiger partial charge in [0.25, 0.3) is 0 Å². The largest absolute Gasteiger partial charge is 0.466 e. The van der Waals surface area contributed by atoms with Crippen molar-refractivity contribution in [2.24, 2.45) is 0 Å². The van der Waals surface area contributed by atoms with Crippen molar-refractivity contribution in [2.45, 2.75) is 18.2 Å². The van der Waals surface area contributed by atoms with Crippen molar-refractivity contribution in [3.63, 3.8) is 0 Å². The Morgan fingerprint density at radius 1 is 1.29 bits per heavy atom. The summed E-state index contributed by atoms with van der Waals surface area (Å²) in [5.41, 5.74) is 0. The lowest BCUT2D eigenvalue weighted by Crippen LogP contribution is -2.02. The minimum atomic E-state index is -3.46. The summed E-state index contributed by atoms with van der Waals surface area (Å²) in [5, 5.41) is 1.03. The fourth-order valence-electron chi connectivity index (χ4n) is 1.18. The summed E-state index contributed by atoms with van der Waals surface area (Å²) in [7, 11) is -3.46. The molecule has 1 rings (SSSR count). The molecule has 1 aromatic carbocycles. The van der Waals surface area contributed by atoms with Crippen molar-refractivity contribution in [2.75, 3.05) is 6.61 Å². The molecule has 0 saturated heterocycles. The molecule has 1 aromatic rings. The van der Waals surface area contributed by atoms with Crippen LogP contribution in [0, 0.1) is 0 Å². The van der Waals surface area contributed by atoms with Gasteiger partial charge in [0.05, 0.1) is 17.9 Å². The third-order valence-electron chi connectivity index (χ3n) is 1.94. The monoisotopic (exact) mass is 254 g/mol. The van der Waals surface area contributed by atoms with E-state index in [0.29, 0.717) is 0 Å². The Labute approximate surface area is 101 Å². The van der Waals surface area contributed by atoms with E-state index >= 15 is 0 Å². The first-order chi connectivity index (χ1) is 8.06. The molecule has 0 aliphatic heterocycles. The first kappa shape index (κ1) is 13.4. The number of esters is 1. The highest BCUT2D eigenvalue weighted by molar-refractivity contribution is 7.94. The third kappa shape index (κ3) is 4.40. The summed E-state index contributed by atoms with van der Waals surface area (Å²) in [6, 6.07) is 8.04. The van der Waals surface area contributed by atoms with Gasteiger partial charge in [-0.3, -0.25) is 4.79 Å². The van der Waals surface area contributed by atoms with Crippen LogP contribution in [0.15, 0.2) is 46.7 Å². The van der Waals surface area contributed by atoms with E-state index < -0.39 is 15.8 Å². The number of ether oxygens (including phenoxy) is 1. The zero-order valence-electron chi connectivity index (χ0n) is 9.50. The van der Waals surface area contributed by atoms with E-state index in [9.17, 15) is 13.2 Å². The molecule has 17 heavy (non-hydrogen) atoms. The number of benzene rings is 1. The third-order valence-corrected chi connectivity index (χ3v) is 3.42. The van der Waals surface area contributed by atoms with Crippen LogP contribution in [0.25, 0.3) is 0 Å². The van der Waals surface area contributed by atoms with E-state index in [2.05, 4.69) is 4.74 Å². The highest BCUT2D eigenvalue weighted by Gasteiger charge is 2.09. The Morgan fingerprint density at radius 3 is 2.53 bits per heavy atom. The molecule has 0 unspecified atom stereocenters. The number of carbonyl (C=O) groups is 1. The van der Waals surface area contributed by atoms with E-state index in [0.717, 1.165) is 5.41 Å². The molecule has 0 aliphatic carbocycles. The van der Waals surface area contributed by atoms with Gasteiger partial charge in [-0.2, -0.15) is 0 Å². The molecular weight excluding hydrogens is 240 g/mol. The van der Waals surface area contributed by atoms with Crippen molar-refractivity contribution in [1.82, 2.24) is 0 Å². The van der Waals surface area contributed by atoms with Gasteiger partial charge in [-0.05, 0) is 19.1 Å². The van der Waals surface area contributed by atoms with Gasteiger partial charge in [-0.1, -0.05) is 24.3 Å². The molecule has 5 heteroatoms. The summed E-state index contributed by atoms with van der Waals surface area (Å²) in [6.07, 6.45) is 1.25. The molecule has 0 heterocycles. The fraction of sp³-hybridized carbons (Fsp3) is 0.250. The van der Waals surface area contributed by atoms with E-state index in [1.807, 2.05) is 0 Å². The Bertz CT molecular complexity index is 488. The molecule has 0 spiro atoms. The SMILES string of the molecule is CCOC(=O)C/C=C\S(=O)(=O)c1ccccc1. The quantitative estimate of drug-likeness (QED) is 0.753. The van der Waals surface area contributed by atoms with Crippen LogP contribution in [0.5, 0.6) is 0 Å². The standard InChI is InChI=1S/C12H14O4S/c1-2-16-12(13)9-6-10-17(14,15)11-7-4-3-5-8-11/h3-8,10H,2,9H2,1H3/b10-6-. The molecule has 0 saturated carbocycles. The molecule has 4 nitrogen and oxygen atoms in total. The van der Waals surface area contributed by atoms with Crippen LogP contribution in [0.1, 0.15) is 13.3 Å². The van der Waals surface area contributed by atoms with Crippen LogP contribution < -0.4 is 0 Å². The maximum atomic E-state index is 11.7. The molecule has 0 aliphatic rings. The summed E-state index contributed by atoms with van der Waals surface area (Å²) in [4.78, 5) is 11.2.